The van der Waals surface area contributed by atoms with Crippen molar-refractivity contribution in [1.82, 2.24) is 30.6 Å². The lowest BCUT2D eigenvalue weighted by Crippen LogP contribution is -2.51. The molecule has 1 aromatic heterocycles. The molecular formula is C29H39N7. The van der Waals surface area contributed by atoms with E-state index in [9.17, 15) is 0 Å². The Hall–Kier alpha value is -3.29. The average Bonchev–Trinajstić information content (AvgIpc) is 3.40. The minimum Gasteiger partial charge on any atom is -0.387 e. The van der Waals surface area contributed by atoms with E-state index in [0.717, 1.165) is 70.6 Å². The molecule has 0 saturated carbocycles. The first-order valence-corrected chi connectivity index (χ1v) is 13.2. The van der Waals surface area contributed by atoms with Gasteiger partial charge in [0.15, 0.2) is 0 Å². The number of aromatic amines is 1. The molecule has 4 N–H and O–H groups in total. The van der Waals surface area contributed by atoms with Gasteiger partial charge in [-0.2, -0.15) is 5.10 Å². The number of piperazine rings is 1. The Morgan fingerprint density at radius 3 is 2.72 bits per heavy atom. The van der Waals surface area contributed by atoms with Gasteiger partial charge in [-0.05, 0) is 54.8 Å². The van der Waals surface area contributed by atoms with Crippen LogP contribution >= 0.6 is 0 Å². The minimum absolute atomic E-state index is 0.303. The fraction of sp³-hybridized carbons (Fsp3) is 0.414. The molecule has 3 heterocycles. The van der Waals surface area contributed by atoms with Gasteiger partial charge in [0.2, 0.25) is 0 Å². The molecule has 36 heavy (non-hydrogen) atoms. The number of benzene rings is 2. The molecule has 1 unspecified atom stereocenters. The van der Waals surface area contributed by atoms with Crippen molar-refractivity contribution in [3.63, 3.8) is 0 Å². The van der Waals surface area contributed by atoms with E-state index < -0.39 is 0 Å². The van der Waals surface area contributed by atoms with Crippen LogP contribution in [0, 0.1) is 0 Å². The maximum Gasteiger partial charge on any atom is 0.0650 e. The van der Waals surface area contributed by atoms with Gasteiger partial charge in [0.25, 0.3) is 0 Å². The number of likely N-dealkylation sites (tertiary alicyclic amines) is 1. The van der Waals surface area contributed by atoms with Crippen LogP contribution in [0.4, 0.5) is 5.69 Å². The normalized spacial score (nSPS) is 18.2. The molecule has 2 saturated heterocycles. The summed E-state index contributed by atoms with van der Waals surface area (Å²) >= 11 is 0. The van der Waals surface area contributed by atoms with Gasteiger partial charge < -0.3 is 20.9 Å². The van der Waals surface area contributed by atoms with Crippen LogP contribution in [-0.2, 0) is 13.0 Å². The molecule has 0 bridgehead atoms. The quantitative estimate of drug-likeness (QED) is 0.351. The van der Waals surface area contributed by atoms with E-state index >= 15 is 0 Å². The smallest absolute Gasteiger partial charge is 0.0650 e. The highest BCUT2D eigenvalue weighted by molar-refractivity contribution is 5.78. The van der Waals surface area contributed by atoms with Crippen LogP contribution in [0.2, 0.25) is 0 Å². The first-order chi connectivity index (χ1) is 17.7. The lowest BCUT2D eigenvalue weighted by atomic mass is 9.96. The van der Waals surface area contributed by atoms with E-state index in [1.165, 1.54) is 27.9 Å². The second-order valence-electron chi connectivity index (χ2n) is 9.94. The summed E-state index contributed by atoms with van der Waals surface area (Å²) in [5, 5.41) is 19.0. The van der Waals surface area contributed by atoms with Gasteiger partial charge in [0, 0.05) is 68.6 Å². The van der Waals surface area contributed by atoms with Crippen LogP contribution in [0.5, 0.6) is 0 Å². The summed E-state index contributed by atoms with van der Waals surface area (Å²) < 4.78 is 0. The predicted octanol–water partition coefficient (Wildman–Crippen LogP) is 3.70. The van der Waals surface area contributed by atoms with Gasteiger partial charge in [-0.15, -0.1) is 0 Å². The zero-order valence-corrected chi connectivity index (χ0v) is 21.2. The molecule has 2 fully saturated rings. The number of piperidine rings is 1. The van der Waals surface area contributed by atoms with E-state index in [2.05, 4.69) is 91.6 Å². The highest BCUT2D eigenvalue weighted by atomic mass is 15.3. The Morgan fingerprint density at radius 2 is 1.92 bits per heavy atom. The molecule has 2 aromatic carbocycles. The van der Waals surface area contributed by atoms with E-state index in [-0.39, 0.29) is 0 Å². The van der Waals surface area contributed by atoms with Crippen molar-refractivity contribution in [1.29, 1.82) is 0 Å². The molecule has 190 valence electrons. The zero-order valence-electron chi connectivity index (χ0n) is 21.2. The Labute approximate surface area is 214 Å². The molecule has 5 rings (SSSR count). The Bertz CT molecular complexity index is 1160. The molecule has 7 heteroatoms. The lowest BCUT2D eigenvalue weighted by Gasteiger charge is -2.43. The lowest BCUT2D eigenvalue weighted by molar-refractivity contribution is 0.144. The molecule has 0 radical (unpaired) electrons. The third kappa shape index (κ3) is 5.74. The average molecular weight is 486 g/mol. The number of hydrogen-bond acceptors (Lipinski definition) is 6. The number of nitrogens with zero attached hydrogens (tertiary/aromatic N) is 3. The standard InChI is InChI=1S/C29H39N7/c1-3-30-20-24-6-4-5-7-27(24)33-26-10-14-36(15-11-26)29(22(2)35-16-12-31-13-17-35)19-23-8-9-28-25(18-23)21-32-34-28/h3-9,18,21,26,29-31,33H,1-2,10-17,19-20H2,(H,32,34). The van der Waals surface area contributed by atoms with Crippen LogP contribution in [0.15, 0.2) is 73.7 Å². The largest absolute Gasteiger partial charge is 0.387 e. The van der Waals surface area contributed by atoms with Crippen molar-refractivity contribution < 1.29 is 0 Å². The summed E-state index contributed by atoms with van der Waals surface area (Å²) in [5.41, 5.74) is 6.19. The number of anilines is 1. The second kappa shape index (κ2) is 11.6. The summed E-state index contributed by atoms with van der Waals surface area (Å²) in [5.74, 6) is 0. The fourth-order valence-electron chi connectivity index (χ4n) is 5.54. The molecule has 2 aliphatic heterocycles. The van der Waals surface area contributed by atoms with Crippen molar-refractivity contribution in [2.75, 3.05) is 44.6 Å². The van der Waals surface area contributed by atoms with Gasteiger partial charge in [0.05, 0.1) is 17.8 Å². The molecule has 0 amide bonds. The SMILES string of the molecule is C=CNCc1ccccc1NC1CCN(C(Cc2ccc3[nH]ncc3c2)C(=C)N2CCNCC2)CC1. The van der Waals surface area contributed by atoms with Gasteiger partial charge in [0.1, 0.15) is 0 Å². The Morgan fingerprint density at radius 1 is 1.11 bits per heavy atom. The number of aromatic nitrogens is 2. The number of fused-ring (bicyclic) bond motifs is 1. The molecule has 0 spiro atoms. The molecule has 1 atom stereocenters. The number of para-hydroxylation sites is 1. The molecule has 2 aliphatic rings. The zero-order chi connectivity index (χ0) is 24.7. The number of nitrogens with one attached hydrogen (secondary N) is 4. The maximum atomic E-state index is 4.64. The van der Waals surface area contributed by atoms with Crippen LogP contribution in [0.25, 0.3) is 10.9 Å². The van der Waals surface area contributed by atoms with Crippen molar-refractivity contribution in [3.05, 3.63) is 84.8 Å². The highest BCUT2D eigenvalue weighted by Crippen LogP contribution is 2.26. The van der Waals surface area contributed by atoms with Gasteiger partial charge in [-0.3, -0.25) is 10.00 Å². The number of H-pyrrole nitrogens is 1. The van der Waals surface area contributed by atoms with E-state index in [1.54, 1.807) is 6.20 Å². The van der Waals surface area contributed by atoms with Crippen LogP contribution in [0.1, 0.15) is 24.0 Å². The summed E-state index contributed by atoms with van der Waals surface area (Å²) in [4.78, 5) is 5.15. The van der Waals surface area contributed by atoms with E-state index in [4.69, 9.17) is 0 Å². The molecule has 7 nitrogen and oxygen atoms in total. The predicted molar refractivity (Wildman–Crippen MR) is 149 cm³/mol. The fourth-order valence-corrected chi connectivity index (χ4v) is 5.54. The Balaban J connectivity index is 1.27. The number of rotatable bonds is 10. The second-order valence-corrected chi connectivity index (χ2v) is 9.94. The van der Waals surface area contributed by atoms with Crippen molar-refractivity contribution in [2.24, 2.45) is 0 Å². The molecule has 3 aromatic rings. The Kier molecular flexibility index (Phi) is 7.88. The summed E-state index contributed by atoms with van der Waals surface area (Å²) in [7, 11) is 0. The van der Waals surface area contributed by atoms with Crippen molar-refractivity contribution >= 4 is 16.6 Å². The summed E-state index contributed by atoms with van der Waals surface area (Å²) in [6, 6.07) is 16.0. The minimum atomic E-state index is 0.303. The number of hydrogen-bond donors (Lipinski definition) is 4. The van der Waals surface area contributed by atoms with Gasteiger partial charge >= 0.3 is 0 Å². The highest BCUT2D eigenvalue weighted by Gasteiger charge is 2.30. The van der Waals surface area contributed by atoms with Crippen LogP contribution in [-0.4, -0.2) is 71.3 Å². The van der Waals surface area contributed by atoms with E-state index in [0.29, 0.717) is 12.1 Å². The monoisotopic (exact) mass is 485 g/mol. The van der Waals surface area contributed by atoms with Gasteiger partial charge in [-0.25, -0.2) is 0 Å². The topological polar surface area (TPSA) is 71.2 Å². The third-order valence-electron chi connectivity index (χ3n) is 7.63. The molecule has 0 aliphatic carbocycles. The summed E-state index contributed by atoms with van der Waals surface area (Å²) in [6.07, 6.45) is 6.88. The summed E-state index contributed by atoms with van der Waals surface area (Å²) in [6.45, 7) is 15.5. The van der Waals surface area contributed by atoms with Crippen LogP contribution in [0.3, 0.4) is 0 Å². The van der Waals surface area contributed by atoms with Crippen molar-refractivity contribution in [3.8, 4) is 0 Å². The maximum absolute atomic E-state index is 4.64. The van der Waals surface area contributed by atoms with Gasteiger partial charge in [-0.1, -0.05) is 37.4 Å². The van der Waals surface area contributed by atoms with Crippen molar-refractivity contribution in [2.45, 2.75) is 37.9 Å². The third-order valence-corrected chi connectivity index (χ3v) is 7.63. The first kappa shape index (κ1) is 24.4. The van der Waals surface area contributed by atoms with Crippen LogP contribution < -0.4 is 16.0 Å². The molecular weight excluding hydrogens is 446 g/mol. The van der Waals surface area contributed by atoms with E-state index in [1.807, 2.05) is 6.20 Å². The first-order valence-electron chi connectivity index (χ1n) is 13.2.